The predicted molar refractivity (Wildman–Crippen MR) is 139 cm³/mol. The molecule has 7 heteroatoms. The van der Waals surface area contributed by atoms with Gasteiger partial charge in [-0.15, -0.1) is 0 Å². The maximum atomic E-state index is 13.2. The highest BCUT2D eigenvalue weighted by Gasteiger charge is 2.26. The fraction of sp³-hybridized carbons (Fsp3) is 0.310. The summed E-state index contributed by atoms with van der Waals surface area (Å²) in [6.45, 7) is 3.01. The van der Waals surface area contributed by atoms with E-state index in [4.69, 9.17) is 14.2 Å². The highest BCUT2D eigenvalue weighted by Crippen LogP contribution is 2.38. The molecule has 0 saturated carbocycles. The first-order valence-electron chi connectivity index (χ1n) is 12.0. The zero-order valence-corrected chi connectivity index (χ0v) is 21.2. The van der Waals surface area contributed by atoms with Crippen molar-refractivity contribution < 1.29 is 23.8 Å². The molecule has 1 heterocycles. The molecular weight excluding hydrogens is 456 g/mol. The smallest absolute Gasteiger partial charge is 0.258 e. The quantitative estimate of drug-likeness (QED) is 0.481. The number of nitrogens with one attached hydrogen (secondary N) is 1. The van der Waals surface area contributed by atoms with Crippen molar-refractivity contribution in [3.05, 3.63) is 82.4 Å². The molecular formula is C29H32N2O5. The molecule has 3 aromatic rings. The van der Waals surface area contributed by atoms with Gasteiger partial charge in [0.25, 0.3) is 5.91 Å². The second-order valence-electron chi connectivity index (χ2n) is 8.80. The van der Waals surface area contributed by atoms with E-state index in [-0.39, 0.29) is 11.8 Å². The number of hydrogen-bond acceptors (Lipinski definition) is 5. The molecule has 4 rings (SSSR count). The van der Waals surface area contributed by atoms with Crippen LogP contribution in [-0.4, -0.2) is 39.7 Å². The number of amides is 2. The standard InChI is InChI=1S/C29H32N2O5/c1-19-7-5-6-8-23(19)29(33)31-14-13-22-11-9-21(15-24(22)31)18-30-27(32)12-10-20-16-25(34-2)28(36-4)26(17-20)35-3/h5-9,11,15-17H,10,12-14,18H2,1-4H3,(H,30,32). The van der Waals surface area contributed by atoms with E-state index < -0.39 is 0 Å². The van der Waals surface area contributed by atoms with Crippen LogP contribution in [-0.2, 0) is 24.2 Å². The summed E-state index contributed by atoms with van der Waals surface area (Å²) in [6.07, 6.45) is 1.68. The SMILES string of the molecule is COc1cc(CCC(=O)NCc2ccc3c(c2)N(C(=O)c2ccccc2C)CC3)cc(OC)c1OC. The zero-order valence-electron chi connectivity index (χ0n) is 21.2. The largest absolute Gasteiger partial charge is 0.493 e. The number of ether oxygens (including phenoxy) is 3. The lowest BCUT2D eigenvalue weighted by molar-refractivity contribution is -0.121. The highest BCUT2D eigenvalue weighted by molar-refractivity contribution is 6.08. The molecule has 0 aromatic heterocycles. The first kappa shape index (κ1) is 25.1. The molecule has 1 aliphatic heterocycles. The van der Waals surface area contributed by atoms with Crippen molar-refractivity contribution in [1.82, 2.24) is 5.32 Å². The van der Waals surface area contributed by atoms with Gasteiger partial charge >= 0.3 is 0 Å². The second kappa shape index (κ2) is 11.2. The van der Waals surface area contributed by atoms with E-state index in [1.807, 2.05) is 60.4 Å². The van der Waals surface area contributed by atoms with Gasteiger partial charge in [-0.25, -0.2) is 0 Å². The number of carbonyl (C=O) groups excluding carboxylic acids is 2. The van der Waals surface area contributed by atoms with Gasteiger partial charge in [-0.05, 0) is 66.3 Å². The maximum absolute atomic E-state index is 13.2. The van der Waals surface area contributed by atoms with E-state index in [1.54, 1.807) is 21.3 Å². The van der Waals surface area contributed by atoms with Crippen LogP contribution >= 0.6 is 0 Å². The summed E-state index contributed by atoms with van der Waals surface area (Å²) in [5.41, 5.74) is 5.63. The summed E-state index contributed by atoms with van der Waals surface area (Å²) in [5.74, 6) is 1.61. The molecule has 36 heavy (non-hydrogen) atoms. The van der Waals surface area contributed by atoms with Crippen molar-refractivity contribution in [3.8, 4) is 17.2 Å². The molecule has 1 aliphatic rings. The fourth-order valence-corrected chi connectivity index (χ4v) is 4.53. The zero-order chi connectivity index (χ0) is 25.7. The number of anilines is 1. The fourth-order valence-electron chi connectivity index (χ4n) is 4.53. The van der Waals surface area contributed by atoms with E-state index in [0.717, 1.165) is 39.9 Å². The Hall–Kier alpha value is -4.00. The van der Waals surface area contributed by atoms with E-state index in [0.29, 0.717) is 43.2 Å². The molecule has 0 saturated heterocycles. The molecule has 188 valence electrons. The number of rotatable bonds is 9. The molecule has 3 aromatic carbocycles. The highest BCUT2D eigenvalue weighted by atomic mass is 16.5. The van der Waals surface area contributed by atoms with Gasteiger partial charge in [0.15, 0.2) is 11.5 Å². The Morgan fingerprint density at radius 3 is 2.31 bits per heavy atom. The molecule has 2 amide bonds. The lowest BCUT2D eigenvalue weighted by Gasteiger charge is -2.19. The number of carbonyl (C=O) groups is 2. The van der Waals surface area contributed by atoms with Gasteiger partial charge in [0.2, 0.25) is 11.7 Å². The molecule has 1 N–H and O–H groups in total. The van der Waals surface area contributed by atoms with E-state index in [1.165, 1.54) is 0 Å². The van der Waals surface area contributed by atoms with Crippen molar-refractivity contribution >= 4 is 17.5 Å². The van der Waals surface area contributed by atoms with Crippen LogP contribution in [0.1, 0.15) is 39.0 Å². The number of aryl methyl sites for hydroxylation is 2. The van der Waals surface area contributed by atoms with Gasteiger partial charge in [-0.3, -0.25) is 9.59 Å². The Kier molecular flexibility index (Phi) is 7.78. The van der Waals surface area contributed by atoms with Crippen LogP contribution in [0.15, 0.2) is 54.6 Å². The van der Waals surface area contributed by atoms with Crippen LogP contribution in [0.3, 0.4) is 0 Å². The predicted octanol–water partition coefficient (Wildman–Crippen LogP) is 4.47. The Morgan fingerprint density at radius 1 is 0.917 bits per heavy atom. The third kappa shape index (κ3) is 5.30. The summed E-state index contributed by atoms with van der Waals surface area (Å²) in [5, 5.41) is 3.00. The Balaban J connectivity index is 1.38. The first-order valence-corrected chi connectivity index (χ1v) is 12.0. The normalized spacial score (nSPS) is 12.2. The number of nitrogens with zero attached hydrogens (tertiary/aromatic N) is 1. The van der Waals surface area contributed by atoms with Crippen molar-refractivity contribution in [2.45, 2.75) is 32.7 Å². The summed E-state index contributed by atoms with van der Waals surface area (Å²) in [4.78, 5) is 27.6. The van der Waals surface area contributed by atoms with E-state index >= 15 is 0 Å². The van der Waals surface area contributed by atoms with Gasteiger partial charge in [0.05, 0.1) is 21.3 Å². The van der Waals surface area contributed by atoms with Gasteiger partial charge in [-0.1, -0.05) is 30.3 Å². The van der Waals surface area contributed by atoms with Crippen molar-refractivity contribution in [2.24, 2.45) is 0 Å². The molecule has 0 atom stereocenters. The van der Waals surface area contributed by atoms with Gasteiger partial charge < -0.3 is 24.4 Å². The minimum atomic E-state index is -0.0582. The second-order valence-corrected chi connectivity index (χ2v) is 8.80. The number of benzene rings is 3. The Bertz CT molecular complexity index is 1250. The lowest BCUT2D eigenvalue weighted by Crippen LogP contribution is -2.29. The van der Waals surface area contributed by atoms with Gasteiger partial charge in [-0.2, -0.15) is 0 Å². The van der Waals surface area contributed by atoms with Crippen LogP contribution in [0.25, 0.3) is 0 Å². The summed E-state index contributed by atoms with van der Waals surface area (Å²) >= 11 is 0. The molecule has 0 radical (unpaired) electrons. The number of fused-ring (bicyclic) bond motifs is 1. The molecule has 0 bridgehead atoms. The summed E-state index contributed by atoms with van der Waals surface area (Å²) in [7, 11) is 4.70. The molecule has 0 fully saturated rings. The van der Waals surface area contributed by atoms with Gasteiger partial charge in [0, 0.05) is 30.8 Å². The molecule has 0 unspecified atom stereocenters. The number of hydrogen-bond donors (Lipinski definition) is 1. The average Bonchev–Trinajstić information content (AvgIpc) is 3.33. The van der Waals surface area contributed by atoms with Crippen LogP contribution in [0, 0.1) is 6.92 Å². The van der Waals surface area contributed by atoms with E-state index in [9.17, 15) is 9.59 Å². The van der Waals surface area contributed by atoms with Crippen LogP contribution in [0.2, 0.25) is 0 Å². The minimum Gasteiger partial charge on any atom is -0.493 e. The molecule has 0 spiro atoms. The Labute approximate surface area is 212 Å². The monoisotopic (exact) mass is 488 g/mol. The van der Waals surface area contributed by atoms with Crippen LogP contribution in [0.4, 0.5) is 5.69 Å². The van der Waals surface area contributed by atoms with Crippen LogP contribution in [0.5, 0.6) is 17.2 Å². The summed E-state index contributed by atoms with van der Waals surface area (Å²) < 4.78 is 16.1. The number of methoxy groups -OCH3 is 3. The third-order valence-corrected chi connectivity index (χ3v) is 6.52. The van der Waals surface area contributed by atoms with Crippen molar-refractivity contribution in [1.29, 1.82) is 0 Å². The minimum absolute atomic E-state index is 0.0124. The van der Waals surface area contributed by atoms with Crippen LogP contribution < -0.4 is 24.4 Å². The van der Waals surface area contributed by atoms with E-state index in [2.05, 4.69) is 11.4 Å². The van der Waals surface area contributed by atoms with Gasteiger partial charge in [0.1, 0.15) is 0 Å². The van der Waals surface area contributed by atoms with Crippen molar-refractivity contribution in [3.63, 3.8) is 0 Å². The topological polar surface area (TPSA) is 77.1 Å². The summed E-state index contributed by atoms with van der Waals surface area (Å²) in [6, 6.07) is 17.4. The van der Waals surface area contributed by atoms with Crippen molar-refractivity contribution in [2.75, 3.05) is 32.8 Å². The lowest BCUT2D eigenvalue weighted by atomic mass is 10.1. The Morgan fingerprint density at radius 2 is 1.64 bits per heavy atom. The first-order chi connectivity index (χ1) is 17.4. The average molecular weight is 489 g/mol. The third-order valence-electron chi connectivity index (χ3n) is 6.52. The molecule has 7 nitrogen and oxygen atoms in total. The molecule has 0 aliphatic carbocycles. The maximum Gasteiger partial charge on any atom is 0.258 e.